The number of nitrogens with zero attached hydrogens (tertiary/aromatic N) is 3. The van der Waals surface area contributed by atoms with Gasteiger partial charge in [-0.05, 0) is 6.07 Å². The lowest BCUT2D eigenvalue weighted by molar-refractivity contribution is 0.122. The molecule has 1 fully saturated rings. The van der Waals surface area contributed by atoms with E-state index in [4.69, 9.17) is 10.00 Å². The predicted octanol–water partition coefficient (Wildman–Crippen LogP) is 1.45. The van der Waals surface area contributed by atoms with Crippen molar-refractivity contribution in [1.82, 2.24) is 4.98 Å². The van der Waals surface area contributed by atoms with Crippen LogP contribution in [0.1, 0.15) is 5.56 Å². The SMILES string of the molecule is C=Cc1c(N2CCOCC2)ccnc1NC#N. The number of anilines is 2. The standard InChI is InChI=1S/C12H14N4O/c1-2-10-11(16-5-7-17-8-6-16)3-4-14-12(10)15-9-13/h2-4H,1,5-8H2,(H,14,15). The van der Waals surface area contributed by atoms with Gasteiger partial charge in [0.15, 0.2) is 6.19 Å². The molecule has 0 amide bonds. The Hall–Kier alpha value is -2.06. The third-order valence-corrected chi connectivity index (χ3v) is 2.70. The van der Waals surface area contributed by atoms with Gasteiger partial charge in [0.25, 0.3) is 0 Å². The Kier molecular flexibility index (Phi) is 3.58. The van der Waals surface area contributed by atoms with Crippen molar-refractivity contribution in [3.63, 3.8) is 0 Å². The molecule has 1 N–H and O–H groups in total. The molecule has 0 aromatic carbocycles. The number of pyridine rings is 1. The molecule has 1 aromatic rings. The predicted molar refractivity (Wildman–Crippen MR) is 66.6 cm³/mol. The molecular formula is C12H14N4O. The first kappa shape index (κ1) is 11.4. The molecule has 0 spiro atoms. The average Bonchev–Trinajstić information content (AvgIpc) is 2.40. The van der Waals surface area contributed by atoms with Crippen molar-refractivity contribution < 1.29 is 4.74 Å². The number of morpholine rings is 1. The van der Waals surface area contributed by atoms with E-state index in [-0.39, 0.29) is 0 Å². The Balaban J connectivity index is 2.35. The zero-order valence-electron chi connectivity index (χ0n) is 9.52. The third kappa shape index (κ3) is 2.37. The molecule has 0 unspecified atom stereocenters. The van der Waals surface area contributed by atoms with E-state index < -0.39 is 0 Å². The maximum absolute atomic E-state index is 8.67. The van der Waals surface area contributed by atoms with Crippen LogP contribution in [0, 0.1) is 11.5 Å². The van der Waals surface area contributed by atoms with Crippen molar-refractivity contribution >= 4 is 17.6 Å². The van der Waals surface area contributed by atoms with Crippen molar-refractivity contribution in [2.24, 2.45) is 0 Å². The molecule has 0 atom stereocenters. The van der Waals surface area contributed by atoms with Gasteiger partial charge in [0.1, 0.15) is 5.82 Å². The topological polar surface area (TPSA) is 61.2 Å². The van der Waals surface area contributed by atoms with Crippen LogP contribution in [0.4, 0.5) is 11.5 Å². The molecule has 0 aliphatic carbocycles. The minimum absolute atomic E-state index is 0.548. The first-order chi connectivity index (χ1) is 8.36. The Morgan fingerprint density at radius 1 is 1.53 bits per heavy atom. The number of aromatic nitrogens is 1. The fourth-order valence-corrected chi connectivity index (χ4v) is 1.90. The van der Waals surface area contributed by atoms with Gasteiger partial charge in [0.05, 0.1) is 13.2 Å². The van der Waals surface area contributed by atoms with Gasteiger partial charge in [0, 0.05) is 30.5 Å². The molecule has 17 heavy (non-hydrogen) atoms. The second-order valence-corrected chi connectivity index (χ2v) is 3.63. The molecule has 0 saturated carbocycles. The monoisotopic (exact) mass is 230 g/mol. The fourth-order valence-electron chi connectivity index (χ4n) is 1.90. The highest BCUT2D eigenvalue weighted by molar-refractivity contribution is 5.76. The van der Waals surface area contributed by atoms with Crippen molar-refractivity contribution in [2.45, 2.75) is 0 Å². The van der Waals surface area contributed by atoms with Crippen LogP contribution in [0.3, 0.4) is 0 Å². The molecule has 88 valence electrons. The molecule has 0 radical (unpaired) electrons. The summed E-state index contributed by atoms with van der Waals surface area (Å²) in [6.45, 7) is 6.91. The van der Waals surface area contributed by atoms with E-state index in [9.17, 15) is 0 Å². The number of hydrogen-bond acceptors (Lipinski definition) is 5. The first-order valence-corrected chi connectivity index (χ1v) is 5.46. The van der Waals surface area contributed by atoms with E-state index in [0.717, 1.165) is 37.6 Å². The van der Waals surface area contributed by atoms with Gasteiger partial charge in [-0.15, -0.1) is 0 Å². The maximum atomic E-state index is 8.67. The summed E-state index contributed by atoms with van der Waals surface area (Å²) in [6, 6.07) is 1.94. The summed E-state index contributed by atoms with van der Waals surface area (Å²) in [6.07, 6.45) is 5.30. The lowest BCUT2D eigenvalue weighted by atomic mass is 10.1. The zero-order valence-corrected chi connectivity index (χ0v) is 9.52. The normalized spacial score (nSPS) is 15.1. The van der Waals surface area contributed by atoms with Crippen molar-refractivity contribution in [3.05, 3.63) is 24.4 Å². The second kappa shape index (κ2) is 5.32. The summed E-state index contributed by atoms with van der Waals surface area (Å²) >= 11 is 0. The van der Waals surface area contributed by atoms with Crippen LogP contribution in [0.2, 0.25) is 0 Å². The fraction of sp³-hybridized carbons (Fsp3) is 0.333. The molecule has 2 rings (SSSR count). The molecular weight excluding hydrogens is 216 g/mol. The summed E-state index contributed by atoms with van der Waals surface area (Å²) in [5.74, 6) is 0.548. The number of ether oxygens (including phenoxy) is 1. The van der Waals surface area contributed by atoms with Crippen LogP contribution in [0.15, 0.2) is 18.8 Å². The highest BCUT2D eigenvalue weighted by atomic mass is 16.5. The quantitative estimate of drug-likeness (QED) is 0.629. The van der Waals surface area contributed by atoms with Gasteiger partial charge in [-0.25, -0.2) is 4.98 Å². The van der Waals surface area contributed by atoms with Gasteiger partial charge in [-0.2, -0.15) is 5.26 Å². The molecule has 5 nitrogen and oxygen atoms in total. The lowest BCUT2D eigenvalue weighted by Crippen LogP contribution is -2.36. The Morgan fingerprint density at radius 3 is 2.94 bits per heavy atom. The zero-order chi connectivity index (χ0) is 12.1. The smallest absolute Gasteiger partial charge is 0.182 e. The molecule has 1 saturated heterocycles. The number of nitrogens with one attached hydrogen (secondary N) is 1. The minimum Gasteiger partial charge on any atom is -0.378 e. The van der Waals surface area contributed by atoms with Gasteiger partial charge in [-0.3, -0.25) is 5.32 Å². The summed E-state index contributed by atoms with van der Waals surface area (Å²) in [4.78, 5) is 6.35. The largest absolute Gasteiger partial charge is 0.378 e. The second-order valence-electron chi connectivity index (χ2n) is 3.63. The van der Waals surface area contributed by atoms with Crippen LogP contribution < -0.4 is 10.2 Å². The van der Waals surface area contributed by atoms with Crippen LogP contribution in [0.25, 0.3) is 6.08 Å². The van der Waals surface area contributed by atoms with E-state index in [1.807, 2.05) is 12.3 Å². The van der Waals surface area contributed by atoms with Gasteiger partial charge in [0.2, 0.25) is 0 Å². The Labute approximate surface area is 100 Å². The highest BCUT2D eigenvalue weighted by Gasteiger charge is 2.16. The highest BCUT2D eigenvalue weighted by Crippen LogP contribution is 2.27. The maximum Gasteiger partial charge on any atom is 0.182 e. The van der Waals surface area contributed by atoms with Gasteiger partial charge in [-0.1, -0.05) is 12.7 Å². The first-order valence-electron chi connectivity index (χ1n) is 5.46. The summed E-state index contributed by atoms with van der Waals surface area (Å²) in [7, 11) is 0. The molecule has 5 heteroatoms. The Bertz CT molecular complexity index is 446. The third-order valence-electron chi connectivity index (χ3n) is 2.70. The molecule has 1 aliphatic rings. The molecule has 1 aliphatic heterocycles. The average molecular weight is 230 g/mol. The molecule has 0 bridgehead atoms. The van der Waals surface area contributed by atoms with Crippen LogP contribution in [-0.4, -0.2) is 31.3 Å². The summed E-state index contributed by atoms with van der Waals surface area (Å²) < 4.78 is 5.32. The van der Waals surface area contributed by atoms with Crippen LogP contribution in [-0.2, 0) is 4.74 Å². The summed E-state index contributed by atoms with van der Waals surface area (Å²) in [5.41, 5.74) is 1.90. The van der Waals surface area contributed by atoms with E-state index in [1.54, 1.807) is 12.3 Å². The van der Waals surface area contributed by atoms with E-state index in [0.29, 0.717) is 5.82 Å². The van der Waals surface area contributed by atoms with Crippen molar-refractivity contribution in [2.75, 3.05) is 36.5 Å². The van der Waals surface area contributed by atoms with Crippen LogP contribution >= 0.6 is 0 Å². The van der Waals surface area contributed by atoms with Crippen LogP contribution in [0.5, 0.6) is 0 Å². The van der Waals surface area contributed by atoms with E-state index in [1.165, 1.54) is 0 Å². The van der Waals surface area contributed by atoms with Gasteiger partial charge >= 0.3 is 0 Å². The summed E-state index contributed by atoms with van der Waals surface area (Å²) in [5, 5.41) is 11.2. The van der Waals surface area contributed by atoms with Crippen molar-refractivity contribution in [3.8, 4) is 6.19 Å². The number of rotatable bonds is 3. The number of nitriles is 1. The van der Waals surface area contributed by atoms with E-state index >= 15 is 0 Å². The van der Waals surface area contributed by atoms with Crippen molar-refractivity contribution in [1.29, 1.82) is 5.26 Å². The lowest BCUT2D eigenvalue weighted by Gasteiger charge is -2.30. The minimum atomic E-state index is 0.548. The molecule has 1 aromatic heterocycles. The number of hydrogen-bond donors (Lipinski definition) is 1. The Morgan fingerprint density at radius 2 is 2.29 bits per heavy atom. The molecule has 2 heterocycles. The van der Waals surface area contributed by atoms with E-state index in [2.05, 4.69) is 21.8 Å². The van der Waals surface area contributed by atoms with Gasteiger partial charge < -0.3 is 9.64 Å².